The minimum Gasteiger partial charge on any atom is -0.345 e. The van der Waals surface area contributed by atoms with E-state index in [0.717, 1.165) is 18.5 Å². The zero-order valence-corrected chi connectivity index (χ0v) is 14.4. The summed E-state index contributed by atoms with van der Waals surface area (Å²) in [5.41, 5.74) is 1.78. The van der Waals surface area contributed by atoms with Gasteiger partial charge >= 0.3 is 0 Å². The maximum Gasteiger partial charge on any atom is 0.256 e. The lowest BCUT2D eigenvalue weighted by Gasteiger charge is -2.05. The summed E-state index contributed by atoms with van der Waals surface area (Å²) in [6.45, 7) is 4.86. The normalized spacial score (nSPS) is 11.1. The number of halogens is 1. The van der Waals surface area contributed by atoms with Gasteiger partial charge in [0.2, 0.25) is 0 Å². The SMILES string of the molecule is CCCCn1nc(C)c(C(=O)NCc2nnc3ccccn23)c1Cl. The molecule has 0 unspecified atom stereocenters. The molecule has 0 aliphatic heterocycles. The number of fused-ring (bicyclic) bond motifs is 1. The van der Waals surface area contributed by atoms with E-state index in [2.05, 4.69) is 27.5 Å². The molecule has 0 radical (unpaired) electrons. The zero-order valence-electron chi connectivity index (χ0n) is 13.7. The molecule has 0 saturated heterocycles. The second kappa shape index (κ2) is 7.00. The molecule has 0 aliphatic rings. The fourth-order valence-electron chi connectivity index (χ4n) is 2.53. The Morgan fingerprint density at radius 3 is 2.96 bits per heavy atom. The first kappa shape index (κ1) is 16.4. The van der Waals surface area contributed by atoms with Gasteiger partial charge in [-0.05, 0) is 25.5 Å². The van der Waals surface area contributed by atoms with Crippen LogP contribution >= 0.6 is 11.6 Å². The van der Waals surface area contributed by atoms with Crippen LogP contribution in [0.2, 0.25) is 5.15 Å². The molecule has 3 heterocycles. The van der Waals surface area contributed by atoms with Crippen LogP contribution in [0.15, 0.2) is 24.4 Å². The van der Waals surface area contributed by atoms with Crippen molar-refractivity contribution >= 4 is 23.2 Å². The second-order valence-corrected chi connectivity index (χ2v) is 5.91. The molecule has 24 heavy (non-hydrogen) atoms. The smallest absolute Gasteiger partial charge is 0.256 e. The molecule has 8 heteroatoms. The molecule has 0 bridgehead atoms. The standard InChI is InChI=1S/C16H19ClN6O/c1-3-4-9-23-15(17)14(11(2)21-23)16(24)18-10-13-20-19-12-7-5-6-8-22(12)13/h5-8H,3-4,9-10H2,1-2H3,(H,18,24). The Balaban J connectivity index is 1.74. The minimum atomic E-state index is -0.257. The van der Waals surface area contributed by atoms with Gasteiger partial charge in [0.05, 0.1) is 17.8 Å². The fraction of sp³-hybridized carbons (Fsp3) is 0.375. The van der Waals surface area contributed by atoms with Gasteiger partial charge in [-0.15, -0.1) is 10.2 Å². The lowest BCUT2D eigenvalue weighted by molar-refractivity contribution is 0.0949. The third-order valence-corrected chi connectivity index (χ3v) is 4.19. The molecule has 0 fully saturated rings. The topological polar surface area (TPSA) is 77.1 Å². The predicted molar refractivity (Wildman–Crippen MR) is 91.0 cm³/mol. The Hall–Kier alpha value is -2.41. The monoisotopic (exact) mass is 346 g/mol. The van der Waals surface area contributed by atoms with E-state index in [1.54, 1.807) is 11.6 Å². The molecule has 0 aliphatic carbocycles. The summed E-state index contributed by atoms with van der Waals surface area (Å²) in [4.78, 5) is 12.5. The van der Waals surface area contributed by atoms with Gasteiger partial charge in [-0.1, -0.05) is 31.0 Å². The molecule has 0 aromatic carbocycles. The van der Waals surface area contributed by atoms with Crippen molar-refractivity contribution in [2.75, 3.05) is 0 Å². The molecule has 1 N–H and O–H groups in total. The summed E-state index contributed by atoms with van der Waals surface area (Å²) in [7, 11) is 0. The van der Waals surface area contributed by atoms with Crippen LogP contribution in [0, 0.1) is 6.92 Å². The maximum atomic E-state index is 12.5. The van der Waals surface area contributed by atoms with Gasteiger partial charge in [0.15, 0.2) is 11.5 Å². The van der Waals surface area contributed by atoms with E-state index in [-0.39, 0.29) is 12.5 Å². The number of nitrogens with zero attached hydrogens (tertiary/aromatic N) is 5. The highest BCUT2D eigenvalue weighted by atomic mass is 35.5. The van der Waals surface area contributed by atoms with Crippen LogP contribution in [-0.4, -0.2) is 30.3 Å². The van der Waals surface area contributed by atoms with Gasteiger partial charge in [-0.3, -0.25) is 13.9 Å². The molecule has 0 atom stereocenters. The van der Waals surface area contributed by atoms with E-state index >= 15 is 0 Å². The van der Waals surface area contributed by atoms with Crippen molar-refractivity contribution in [3.05, 3.63) is 46.6 Å². The van der Waals surface area contributed by atoms with Gasteiger partial charge in [0, 0.05) is 12.7 Å². The van der Waals surface area contributed by atoms with Crippen LogP contribution < -0.4 is 5.32 Å². The summed E-state index contributed by atoms with van der Waals surface area (Å²) < 4.78 is 3.52. The van der Waals surface area contributed by atoms with E-state index in [0.29, 0.717) is 28.8 Å². The first-order valence-electron chi connectivity index (χ1n) is 7.91. The lowest BCUT2D eigenvalue weighted by atomic mass is 10.2. The molecule has 126 valence electrons. The fourth-order valence-corrected chi connectivity index (χ4v) is 2.87. The van der Waals surface area contributed by atoms with Crippen molar-refractivity contribution in [2.24, 2.45) is 0 Å². The highest BCUT2D eigenvalue weighted by Gasteiger charge is 2.20. The number of nitrogens with one attached hydrogen (secondary N) is 1. The van der Waals surface area contributed by atoms with Crippen molar-refractivity contribution in [3.63, 3.8) is 0 Å². The number of carbonyl (C=O) groups is 1. The molecule has 3 aromatic heterocycles. The van der Waals surface area contributed by atoms with Crippen LogP contribution in [0.1, 0.15) is 41.6 Å². The zero-order chi connectivity index (χ0) is 17.1. The van der Waals surface area contributed by atoms with Gasteiger partial charge in [-0.2, -0.15) is 5.10 Å². The van der Waals surface area contributed by atoms with Crippen LogP contribution in [-0.2, 0) is 13.1 Å². The van der Waals surface area contributed by atoms with E-state index in [9.17, 15) is 4.79 Å². The highest BCUT2D eigenvalue weighted by molar-refractivity contribution is 6.33. The number of hydrogen-bond donors (Lipinski definition) is 1. The molecule has 3 rings (SSSR count). The average Bonchev–Trinajstić information content (AvgIpc) is 3.11. The molecular formula is C16H19ClN6O. The first-order valence-corrected chi connectivity index (χ1v) is 8.29. The minimum absolute atomic E-state index is 0.257. The van der Waals surface area contributed by atoms with Crippen LogP contribution in [0.3, 0.4) is 0 Å². The number of pyridine rings is 1. The number of unbranched alkanes of at least 4 members (excludes halogenated alkanes) is 1. The summed E-state index contributed by atoms with van der Waals surface area (Å²) in [5.74, 6) is 0.402. The molecule has 3 aromatic rings. The van der Waals surface area contributed by atoms with Crippen molar-refractivity contribution in [1.29, 1.82) is 0 Å². The second-order valence-electron chi connectivity index (χ2n) is 5.56. The van der Waals surface area contributed by atoms with Crippen LogP contribution in [0.4, 0.5) is 0 Å². The summed E-state index contributed by atoms with van der Waals surface area (Å²) in [6.07, 6.45) is 3.86. The summed E-state index contributed by atoms with van der Waals surface area (Å²) >= 11 is 6.32. The number of amides is 1. The molecule has 0 saturated carbocycles. The molecule has 7 nitrogen and oxygen atoms in total. The van der Waals surface area contributed by atoms with Crippen molar-refractivity contribution in [3.8, 4) is 0 Å². The van der Waals surface area contributed by atoms with Crippen molar-refractivity contribution in [2.45, 2.75) is 39.8 Å². The highest BCUT2D eigenvalue weighted by Crippen LogP contribution is 2.20. The van der Waals surface area contributed by atoms with Gasteiger partial charge < -0.3 is 5.32 Å². The van der Waals surface area contributed by atoms with E-state index in [1.807, 2.05) is 28.8 Å². The van der Waals surface area contributed by atoms with Crippen LogP contribution in [0.5, 0.6) is 0 Å². The Morgan fingerprint density at radius 1 is 1.33 bits per heavy atom. The van der Waals surface area contributed by atoms with Crippen molar-refractivity contribution in [1.82, 2.24) is 29.7 Å². The third-order valence-electron chi connectivity index (χ3n) is 3.81. The third kappa shape index (κ3) is 3.12. The molecule has 0 spiro atoms. The number of aromatic nitrogens is 5. The Bertz CT molecular complexity index is 869. The van der Waals surface area contributed by atoms with E-state index in [1.165, 1.54) is 0 Å². The molecule has 1 amide bonds. The first-order chi connectivity index (χ1) is 11.6. The predicted octanol–water partition coefficient (Wildman–Crippen LogP) is 2.62. The largest absolute Gasteiger partial charge is 0.345 e. The maximum absolute atomic E-state index is 12.5. The summed E-state index contributed by atoms with van der Waals surface area (Å²) in [6, 6.07) is 5.64. The summed E-state index contributed by atoms with van der Waals surface area (Å²) in [5, 5.41) is 15.7. The van der Waals surface area contributed by atoms with Crippen molar-refractivity contribution < 1.29 is 4.79 Å². The van der Waals surface area contributed by atoms with E-state index in [4.69, 9.17) is 11.6 Å². The number of rotatable bonds is 6. The van der Waals surface area contributed by atoms with Gasteiger partial charge in [0.1, 0.15) is 5.15 Å². The Kier molecular flexibility index (Phi) is 4.80. The Morgan fingerprint density at radius 2 is 2.17 bits per heavy atom. The van der Waals surface area contributed by atoms with Crippen LogP contribution in [0.25, 0.3) is 5.65 Å². The lowest BCUT2D eigenvalue weighted by Crippen LogP contribution is -2.24. The van der Waals surface area contributed by atoms with Gasteiger partial charge in [-0.25, -0.2) is 0 Å². The van der Waals surface area contributed by atoms with Gasteiger partial charge in [0.25, 0.3) is 5.91 Å². The van der Waals surface area contributed by atoms with E-state index < -0.39 is 0 Å². The number of carbonyl (C=O) groups excluding carboxylic acids is 1. The Labute approximate surface area is 144 Å². The number of aryl methyl sites for hydroxylation is 2. The quantitative estimate of drug-likeness (QED) is 0.744. The number of hydrogen-bond acceptors (Lipinski definition) is 4. The average molecular weight is 347 g/mol. The molecular weight excluding hydrogens is 328 g/mol.